The number of rotatable bonds is 18. The van der Waals surface area contributed by atoms with Crippen LogP contribution in [0.5, 0.6) is 0 Å². The van der Waals surface area contributed by atoms with Gasteiger partial charge in [0.25, 0.3) is 5.91 Å². The summed E-state index contributed by atoms with van der Waals surface area (Å²) >= 11 is 0. The van der Waals surface area contributed by atoms with Gasteiger partial charge in [0, 0.05) is 17.2 Å². The molecule has 26 heavy (non-hydrogen) atoms. The van der Waals surface area contributed by atoms with E-state index in [9.17, 15) is 14.5 Å². The predicted octanol–water partition coefficient (Wildman–Crippen LogP) is 6.25. The second-order valence-corrected chi connectivity index (χ2v) is 6.97. The normalized spacial score (nSPS) is 10.5. The van der Waals surface area contributed by atoms with Crippen molar-refractivity contribution < 1.29 is 14.3 Å². The summed E-state index contributed by atoms with van der Waals surface area (Å²) in [5, 5.41) is 2.29. The molecule has 0 aromatic carbocycles. The fourth-order valence-electron chi connectivity index (χ4n) is 2.82. The van der Waals surface area contributed by atoms with Crippen molar-refractivity contribution in [2.24, 2.45) is 5.18 Å². The second-order valence-electron chi connectivity index (χ2n) is 6.97. The zero-order valence-electron chi connectivity index (χ0n) is 16.6. The Labute approximate surface area is 158 Å². The highest BCUT2D eigenvalue weighted by Gasteiger charge is 2.09. The maximum Gasteiger partial charge on any atom is 0.333 e. The third-order valence-electron chi connectivity index (χ3n) is 4.49. The lowest BCUT2D eigenvalue weighted by atomic mass is 10.0. The van der Waals surface area contributed by atoms with E-state index >= 15 is 0 Å². The Morgan fingerprint density at radius 2 is 1.27 bits per heavy atom. The summed E-state index contributed by atoms with van der Waals surface area (Å²) in [5.74, 6) is -1.11. The smallest absolute Gasteiger partial charge is 0.333 e. The Balaban J connectivity index is 3.38. The highest BCUT2D eigenvalue weighted by atomic mass is 16.5. The van der Waals surface area contributed by atoms with Gasteiger partial charge in [-0.3, -0.25) is 4.79 Å². The van der Waals surface area contributed by atoms with Crippen molar-refractivity contribution >= 4 is 11.9 Å². The van der Waals surface area contributed by atoms with Crippen LogP contribution < -0.4 is 0 Å². The molecule has 0 aromatic rings. The monoisotopic (exact) mass is 367 g/mol. The van der Waals surface area contributed by atoms with Gasteiger partial charge in [-0.1, -0.05) is 84.1 Å². The number of nitroso groups, excluding NO2 is 1. The lowest BCUT2D eigenvalue weighted by Crippen LogP contribution is -2.09. The van der Waals surface area contributed by atoms with Gasteiger partial charge in [-0.2, -0.15) is 0 Å². The number of amides is 1. The summed E-state index contributed by atoms with van der Waals surface area (Å²) in [6.45, 7) is 6.13. The summed E-state index contributed by atoms with van der Waals surface area (Å²) in [5.41, 5.74) is 0.483. The van der Waals surface area contributed by atoms with Crippen LogP contribution in [0.4, 0.5) is 0 Å². The van der Waals surface area contributed by atoms with Gasteiger partial charge in [-0.15, -0.1) is 4.91 Å². The Kier molecular flexibility index (Phi) is 17.2. The first-order chi connectivity index (χ1) is 12.6. The van der Waals surface area contributed by atoms with E-state index in [1.807, 2.05) is 0 Å². The first-order valence-electron chi connectivity index (χ1n) is 10.3. The molecule has 0 aromatic heterocycles. The summed E-state index contributed by atoms with van der Waals surface area (Å²) in [6, 6.07) is 0. The van der Waals surface area contributed by atoms with Crippen LogP contribution >= 0.6 is 0 Å². The number of unbranched alkanes of at least 4 members (excludes halogenated alkanes) is 11. The van der Waals surface area contributed by atoms with Gasteiger partial charge in [0.15, 0.2) is 0 Å². The number of carbonyl (C=O) groups excluding carboxylic acids is 2. The third-order valence-corrected chi connectivity index (χ3v) is 4.49. The average molecular weight is 368 g/mol. The predicted molar refractivity (Wildman–Crippen MR) is 106 cm³/mol. The quantitative estimate of drug-likeness (QED) is 0.124. The third kappa shape index (κ3) is 16.0. The molecule has 0 fully saturated rings. The topological polar surface area (TPSA) is 72.8 Å². The Morgan fingerprint density at radius 1 is 0.769 bits per heavy atom. The number of hydrogen-bond acceptors (Lipinski definition) is 4. The van der Waals surface area contributed by atoms with E-state index < -0.39 is 11.9 Å². The molecule has 0 unspecified atom stereocenters. The first-order valence-corrected chi connectivity index (χ1v) is 10.3. The maximum atomic E-state index is 11.7. The molecule has 0 N–H and O–H groups in total. The van der Waals surface area contributed by atoms with Crippen LogP contribution in [0.3, 0.4) is 0 Å². The van der Waals surface area contributed by atoms with E-state index in [-0.39, 0.29) is 13.0 Å². The van der Waals surface area contributed by atoms with E-state index in [0.29, 0.717) is 18.4 Å². The molecule has 5 nitrogen and oxygen atoms in total. The second kappa shape index (κ2) is 18.3. The lowest BCUT2D eigenvalue weighted by Gasteiger charge is -2.06. The fraction of sp³-hybridized carbons (Fsp3) is 0.810. The van der Waals surface area contributed by atoms with E-state index in [0.717, 1.165) is 12.8 Å². The Morgan fingerprint density at radius 3 is 1.77 bits per heavy atom. The molecule has 150 valence electrons. The Hall–Kier alpha value is -1.52. The molecule has 0 radical (unpaired) electrons. The zero-order chi connectivity index (χ0) is 19.5. The molecule has 0 rings (SSSR count). The fourth-order valence-corrected chi connectivity index (χ4v) is 2.82. The van der Waals surface area contributed by atoms with Crippen molar-refractivity contribution in [3.05, 3.63) is 17.1 Å². The molecule has 0 saturated heterocycles. The maximum absolute atomic E-state index is 11.7. The first kappa shape index (κ1) is 24.5. The van der Waals surface area contributed by atoms with Crippen LogP contribution in [0, 0.1) is 4.91 Å². The van der Waals surface area contributed by atoms with E-state index in [1.54, 1.807) is 0 Å². The van der Waals surface area contributed by atoms with Crippen LogP contribution in [0.2, 0.25) is 0 Å². The van der Waals surface area contributed by atoms with Crippen molar-refractivity contribution in [3.63, 3.8) is 0 Å². The number of nitrogens with zero attached hydrogens (tertiary/aromatic N) is 1. The molecular weight excluding hydrogens is 330 g/mol. The largest absolute Gasteiger partial charge is 0.462 e. The van der Waals surface area contributed by atoms with Gasteiger partial charge >= 0.3 is 5.97 Å². The molecule has 0 heterocycles. The molecule has 1 amide bonds. The molecule has 5 heteroatoms. The van der Waals surface area contributed by atoms with E-state index in [4.69, 9.17) is 4.74 Å². The van der Waals surface area contributed by atoms with Crippen molar-refractivity contribution in [1.82, 2.24) is 0 Å². The number of ether oxygens (including phenoxy) is 1. The minimum Gasteiger partial charge on any atom is -0.462 e. The minimum absolute atomic E-state index is 0.0159. The number of esters is 1. The van der Waals surface area contributed by atoms with Crippen LogP contribution in [0.1, 0.15) is 103 Å². The van der Waals surface area contributed by atoms with Gasteiger partial charge < -0.3 is 4.74 Å². The van der Waals surface area contributed by atoms with Gasteiger partial charge in [-0.25, -0.2) is 4.79 Å². The Bertz CT molecular complexity index is 407. The number of hydrogen-bond donors (Lipinski definition) is 0. The molecular formula is C21H37NO4. The van der Waals surface area contributed by atoms with Gasteiger partial charge in [0.2, 0.25) is 0 Å². The highest BCUT2D eigenvalue weighted by molar-refractivity contribution is 5.87. The van der Waals surface area contributed by atoms with Crippen molar-refractivity contribution in [1.29, 1.82) is 0 Å². The van der Waals surface area contributed by atoms with Gasteiger partial charge in [0.05, 0.1) is 6.61 Å². The van der Waals surface area contributed by atoms with Crippen molar-refractivity contribution in [3.8, 4) is 0 Å². The highest BCUT2D eigenvalue weighted by Crippen LogP contribution is 2.14. The lowest BCUT2D eigenvalue weighted by molar-refractivity contribution is -0.139. The molecule has 0 atom stereocenters. The average Bonchev–Trinajstić information content (AvgIpc) is 2.65. The van der Waals surface area contributed by atoms with Crippen LogP contribution in [-0.2, 0) is 14.3 Å². The summed E-state index contributed by atoms with van der Waals surface area (Å²) in [7, 11) is 0. The molecule has 0 aliphatic carbocycles. The van der Waals surface area contributed by atoms with E-state index in [1.165, 1.54) is 64.2 Å². The van der Waals surface area contributed by atoms with Crippen LogP contribution in [0.25, 0.3) is 0 Å². The molecule has 0 spiro atoms. The molecule has 0 saturated carbocycles. The molecule has 0 aliphatic heterocycles. The van der Waals surface area contributed by atoms with Gasteiger partial charge in [-0.05, 0) is 19.3 Å². The van der Waals surface area contributed by atoms with Crippen LogP contribution in [-0.4, -0.2) is 18.5 Å². The number of carbonyl (C=O) groups is 2. The summed E-state index contributed by atoms with van der Waals surface area (Å²) in [6.07, 6.45) is 16.4. The van der Waals surface area contributed by atoms with Crippen molar-refractivity contribution in [2.45, 2.75) is 103 Å². The van der Waals surface area contributed by atoms with E-state index in [2.05, 4.69) is 18.7 Å². The molecule has 0 bridgehead atoms. The SMILES string of the molecule is C=C(CCCCCCCCCCCCCC)C(=O)OCCCC(=O)N=O. The standard InChI is InChI=1S/C21H37NO4/c1-3-4-5-6-7-8-9-10-11-12-13-14-16-19(2)21(24)26-18-15-17-20(23)22-25/h2-18H2,1H3. The summed E-state index contributed by atoms with van der Waals surface area (Å²) < 4.78 is 5.02. The van der Waals surface area contributed by atoms with Crippen molar-refractivity contribution in [2.75, 3.05) is 6.61 Å². The zero-order valence-corrected chi connectivity index (χ0v) is 16.6. The molecule has 0 aliphatic rings. The van der Waals surface area contributed by atoms with Gasteiger partial charge in [0.1, 0.15) is 0 Å². The minimum atomic E-state index is -0.712. The summed E-state index contributed by atoms with van der Waals surface area (Å²) in [4.78, 5) is 32.3. The van der Waals surface area contributed by atoms with Crippen LogP contribution in [0.15, 0.2) is 17.3 Å².